The van der Waals surface area contributed by atoms with Crippen molar-refractivity contribution in [2.24, 2.45) is 5.73 Å². The number of hydrogen-bond donors (Lipinski definition) is 2. The number of aromatic nitrogens is 4. The van der Waals surface area contributed by atoms with Crippen molar-refractivity contribution in [3.63, 3.8) is 0 Å². The Morgan fingerprint density at radius 3 is 2.70 bits per heavy atom. The predicted octanol–water partition coefficient (Wildman–Crippen LogP) is 1.15. The van der Waals surface area contributed by atoms with Crippen LogP contribution in [0.4, 0.5) is 5.82 Å². The van der Waals surface area contributed by atoms with Crippen LogP contribution in [0.3, 0.4) is 0 Å². The lowest BCUT2D eigenvalue weighted by Crippen LogP contribution is -2.11. The molecule has 7 nitrogen and oxygen atoms in total. The minimum absolute atomic E-state index is 0.228. The Morgan fingerprint density at radius 1 is 1.20 bits per heavy atom. The van der Waals surface area contributed by atoms with E-state index < -0.39 is 5.91 Å². The molecule has 2 heterocycles. The van der Waals surface area contributed by atoms with E-state index in [1.807, 2.05) is 0 Å². The van der Waals surface area contributed by atoms with Gasteiger partial charge in [-0.25, -0.2) is 15.0 Å². The molecule has 3 rings (SSSR count). The second-order valence-corrected chi connectivity index (χ2v) is 4.51. The van der Waals surface area contributed by atoms with E-state index in [2.05, 4.69) is 15.0 Å². The molecule has 0 bridgehead atoms. The van der Waals surface area contributed by atoms with E-state index in [0.717, 1.165) is 0 Å². The fraction of sp³-hybridized carbons (Fsp3) is 0. The van der Waals surface area contributed by atoms with E-state index in [-0.39, 0.29) is 10.6 Å². The van der Waals surface area contributed by atoms with Crippen molar-refractivity contribution < 1.29 is 4.79 Å². The minimum Gasteiger partial charge on any atom is -0.384 e. The lowest BCUT2D eigenvalue weighted by Gasteiger charge is -2.05. The number of anilines is 1. The summed E-state index contributed by atoms with van der Waals surface area (Å²) in [6, 6.07) is 4.76. The summed E-state index contributed by atoms with van der Waals surface area (Å²) in [5, 5.41) is 0.258. The van der Waals surface area contributed by atoms with Crippen LogP contribution in [0.15, 0.2) is 30.9 Å². The molecule has 1 aromatic carbocycles. The molecule has 1 amide bonds. The third-order valence-electron chi connectivity index (χ3n) is 2.82. The van der Waals surface area contributed by atoms with Crippen molar-refractivity contribution in [2.45, 2.75) is 0 Å². The molecular weight excluding hydrogens is 280 g/mol. The number of fused-ring (bicyclic) bond motifs is 1. The van der Waals surface area contributed by atoms with Crippen LogP contribution in [0, 0.1) is 0 Å². The van der Waals surface area contributed by atoms with Gasteiger partial charge in [0.2, 0.25) is 5.91 Å². The van der Waals surface area contributed by atoms with E-state index in [1.54, 1.807) is 29.1 Å². The van der Waals surface area contributed by atoms with E-state index in [1.165, 1.54) is 6.33 Å². The molecule has 0 saturated heterocycles. The smallest absolute Gasteiger partial charge is 0.250 e. The molecule has 100 valence electrons. The lowest BCUT2D eigenvalue weighted by molar-refractivity contribution is 0.100. The number of halogens is 1. The number of benzene rings is 1. The molecule has 0 fully saturated rings. The number of primary amides is 1. The lowest BCUT2D eigenvalue weighted by atomic mass is 10.2. The highest BCUT2D eigenvalue weighted by Gasteiger charge is 2.13. The monoisotopic (exact) mass is 288 g/mol. The zero-order valence-electron chi connectivity index (χ0n) is 10.1. The van der Waals surface area contributed by atoms with E-state index in [0.29, 0.717) is 22.7 Å². The van der Waals surface area contributed by atoms with Gasteiger partial charge < -0.3 is 11.5 Å². The number of nitrogen functional groups attached to an aromatic ring is 1. The highest BCUT2D eigenvalue weighted by Crippen LogP contribution is 2.25. The van der Waals surface area contributed by atoms with Crippen molar-refractivity contribution in [1.29, 1.82) is 0 Å². The molecule has 0 spiro atoms. The zero-order valence-corrected chi connectivity index (χ0v) is 10.9. The number of imidazole rings is 1. The van der Waals surface area contributed by atoms with Crippen LogP contribution >= 0.6 is 11.6 Å². The molecule has 0 aliphatic rings. The van der Waals surface area contributed by atoms with E-state index in [9.17, 15) is 4.79 Å². The molecular formula is C12H9ClN6O. The van der Waals surface area contributed by atoms with Gasteiger partial charge in [0.1, 0.15) is 24.3 Å². The number of amides is 1. The maximum Gasteiger partial charge on any atom is 0.250 e. The highest BCUT2D eigenvalue weighted by molar-refractivity contribution is 6.34. The Bertz CT molecular complexity index is 828. The van der Waals surface area contributed by atoms with Crippen molar-refractivity contribution in [3.8, 4) is 5.82 Å². The van der Waals surface area contributed by atoms with Crippen molar-refractivity contribution in [1.82, 2.24) is 19.5 Å². The van der Waals surface area contributed by atoms with Crippen LogP contribution in [0.25, 0.3) is 16.9 Å². The molecule has 0 atom stereocenters. The first-order valence-corrected chi connectivity index (χ1v) is 5.98. The molecule has 20 heavy (non-hydrogen) atoms. The number of rotatable bonds is 2. The largest absolute Gasteiger partial charge is 0.384 e. The standard InChI is InChI=1S/C12H9ClN6O/c13-7-2-9-8(1-6(7)12(15)20)18-5-19(9)11-3-10(14)16-4-17-11/h1-5H,(H2,15,20)(H2,14,16,17). The van der Waals surface area contributed by atoms with Gasteiger partial charge in [0.05, 0.1) is 21.6 Å². The molecule has 0 unspecified atom stereocenters. The summed E-state index contributed by atoms with van der Waals surface area (Å²) < 4.78 is 1.70. The van der Waals surface area contributed by atoms with Crippen LogP contribution in [0.5, 0.6) is 0 Å². The van der Waals surface area contributed by atoms with Crippen molar-refractivity contribution >= 4 is 34.4 Å². The van der Waals surface area contributed by atoms with Crippen LogP contribution in [-0.2, 0) is 0 Å². The van der Waals surface area contributed by atoms with Gasteiger partial charge in [0.15, 0.2) is 0 Å². The van der Waals surface area contributed by atoms with Crippen LogP contribution in [0.2, 0.25) is 5.02 Å². The number of nitrogens with zero attached hydrogens (tertiary/aromatic N) is 4. The van der Waals surface area contributed by atoms with Gasteiger partial charge in [-0.1, -0.05) is 11.6 Å². The molecule has 0 saturated carbocycles. The van der Waals surface area contributed by atoms with Gasteiger partial charge in [0.25, 0.3) is 0 Å². The van der Waals surface area contributed by atoms with E-state index in [4.69, 9.17) is 23.1 Å². The van der Waals surface area contributed by atoms with Gasteiger partial charge in [-0.15, -0.1) is 0 Å². The minimum atomic E-state index is -0.599. The van der Waals surface area contributed by atoms with Crippen LogP contribution < -0.4 is 11.5 Å². The van der Waals surface area contributed by atoms with Gasteiger partial charge >= 0.3 is 0 Å². The quantitative estimate of drug-likeness (QED) is 0.734. The molecule has 2 aromatic heterocycles. The first kappa shape index (κ1) is 12.4. The van der Waals surface area contributed by atoms with Crippen LogP contribution in [-0.4, -0.2) is 25.4 Å². The first-order valence-electron chi connectivity index (χ1n) is 5.60. The Labute approximate surface area is 118 Å². The SMILES string of the molecule is NC(=O)c1cc2ncn(-c3cc(N)ncn3)c2cc1Cl. The first-order chi connectivity index (χ1) is 9.56. The molecule has 0 radical (unpaired) electrons. The Morgan fingerprint density at radius 2 is 2.00 bits per heavy atom. The zero-order chi connectivity index (χ0) is 14.3. The van der Waals surface area contributed by atoms with Gasteiger partial charge in [-0.2, -0.15) is 0 Å². The van der Waals surface area contributed by atoms with Crippen molar-refractivity contribution in [2.75, 3.05) is 5.73 Å². The highest BCUT2D eigenvalue weighted by atomic mass is 35.5. The number of carbonyl (C=O) groups is 1. The van der Waals surface area contributed by atoms with Crippen LogP contribution in [0.1, 0.15) is 10.4 Å². The third-order valence-corrected chi connectivity index (χ3v) is 3.13. The normalized spacial score (nSPS) is 10.8. The number of carbonyl (C=O) groups excluding carboxylic acids is 1. The van der Waals surface area contributed by atoms with Gasteiger partial charge in [-0.05, 0) is 12.1 Å². The third kappa shape index (κ3) is 1.94. The average molecular weight is 289 g/mol. The maximum atomic E-state index is 11.3. The molecule has 8 heteroatoms. The summed E-state index contributed by atoms with van der Waals surface area (Å²) >= 11 is 6.05. The predicted molar refractivity (Wildman–Crippen MR) is 74.6 cm³/mol. The van der Waals surface area contributed by atoms with Gasteiger partial charge in [0, 0.05) is 6.07 Å². The summed E-state index contributed by atoms with van der Waals surface area (Å²) in [6.07, 6.45) is 2.92. The fourth-order valence-electron chi connectivity index (χ4n) is 1.89. The molecule has 0 aliphatic heterocycles. The maximum absolute atomic E-state index is 11.3. The second kappa shape index (κ2) is 4.46. The number of hydrogen-bond acceptors (Lipinski definition) is 5. The van der Waals surface area contributed by atoms with E-state index >= 15 is 0 Å². The topological polar surface area (TPSA) is 113 Å². The Balaban J connectivity index is 2.24. The van der Waals surface area contributed by atoms with Crippen molar-refractivity contribution in [3.05, 3.63) is 41.4 Å². The Kier molecular flexibility index (Phi) is 2.76. The molecule has 3 aromatic rings. The summed E-state index contributed by atoms with van der Waals surface area (Å²) in [6.45, 7) is 0. The fourth-order valence-corrected chi connectivity index (χ4v) is 2.15. The molecule has 0 aliphatic carbocycles. The molecule has 4 N–H and O–H groups in total. The summed E-state index contributed by atoms with van der Waals surface area (Å²) in [5.41, 5.74) is 12.4. The summed E-state index contributed by atoms with van der Waals surface area (Å²) in [5.74, 6) is 0.303. The Hall–Kier alpha value is -2.67. The average Bonchev–Trinajstić information content (AvgIpc) is 2.80. The second-order valence-electron chi connectivity index (χ2n) is 4.10. The summed E-state index contributed by atoms with van der Waals surface area (Å²) in [4.78, 5) is 23.4. The number of nitrogens with two attached hydrogens (primary N) is 2. The van der Waals surface area contributed by atoms with Gasteiger partial charge in [-0.3, -0.25) is 9.36 Å². The summed E-state index contributed by atoms with van der Waals surface area (Å²) in [7, 11) is 0.